The third-order valence-electron chi connectivity index (χ3n) is 1.54. The Kier molecular flexibility index (Phi) is 2.17. The van der Waals surface area contributed by atoms with Crippen LogP contribution in [0.25, 0.3) is 0 Å². The molecule has 66 valence electrons. The predicted molar refractivity (Wildman–Crippen MR) is 42.3 cm³/mol. The molecule has 0 aliphatic rings. The van der Waals surface area contributed by atoms with Gasteiger partial charge >= 0.3 is 11.9 Å². The Labute approximate surface area is 70.2 Å². The van der Waals surface area contributed by atoms with Crippen molar-refractivity contribution in [2.45, 2.75) is 26.7 Å². The number of hydrogen-bond donors (Lipinski definition) is 1. The molecule has 0 bridgehead atoms. The van der Waals surface area contributed by atoms with Crippen LogP contribution in [0, 0.1) is 6.92 Å². The van der Waals surface area contributed by atoms with E-state index in [1.54, 1.807) is 6.92 Å². The molecule has 0 radical (unpaired) electrons. The molecule has 1 aromatic heterocycles. The van der Waals surface area contributed by atoms with Crippen LogP contribution >= 0.6 is 0 Å². The van der Waals surface area contributed by atoms with Crippen LogP contribution in [0.2, 0.25) is 0 Å². The molecular weight excluding hydrogens is 158 g/mol. The van der Waals surface area contributed by atoms with Gasteiger partial charge in [0.2, 0.25) is 0 Å². The van der Waals surface area contributed by atoms with Crippen molar-refractivity contribution in [1.29, 1.82) is 0 Å². The second-order valence-corrected chi connectivity index (χ2v) is 2.93. The van der Waals surface area contributed by atoms with Crippen molar-refractivity contribution in [3.05, 3.63) is 17.3 Å². The maximum absolute atomic E-state index is 10.4. The summed E-state index contributed by atoms with van der Waals surface area (Å²) in [5.74, 6) is -0.529. The number of aromatic carboxylic acids is 1. The van der Waals surface area contributed by atoms with E-state index in [0.29, 0.717) is 11.5 Å². The Hall–Kier alpha value is -1.32. The average Bonchev–Trinajstić information content (AvgIpc) is 2.30. The van der Waals surface area contributed by atoms with Gasteiger partial charge in [0.05, 0.1) is 5.69 Å². The van der Waals surface area contributed by atoms with Gasteiger partial charge in [0.1, 0.15) is 5.76 Å². The van der Waals surface area contributed by atoms with E-state index in [1.165, 1.54) is 0 Å². The van der Waals surface area contributed by atoms with Gasteiger partial charge in [0.25, 0.3) is 0 Å². The lowest BCUT2D eigenvalue weighted by atomic mass is 10.1. The summed E-state index contributed by atoms with van der Waals surface area (Å²) >= 11 is 0. The molecule has 0 amide bonds. The molecule has 0 aliphatic carbocycles. The number of hydrogen-bond acceptors (Lipinski definition) is 3. The highest BCUT2D eigenvalue weighted by Gasteiger charge is 2.16. The lowest BCUT2D eigenvalue weighted by Gasteiger charge is -1.97. The summed E-state index contributed by atoms with van der Waals surface area (Å²) in [6.07, 6.45) is 0. The highest BCUT2D eigenvalue weighted by Crippen LogP contribution is 2.19. The Morgan fingerprint density at radius 3 is 2.42 bits per heavy atom. The highest BCUT2D eigenvalue weighted by atomic mass is 16.4. The maximum Gasteiger partial charge on any atom is 0.392 e. The molecule has 0 saturated heterocycles. The van der Waals surface area contributed by atoms with Crippen molar-refractivity contribution in [2.24, 2.45) is 0 Å². The van der Waals surface area contributed by atoms with E-state index in [9.17, 15) is 4.79 Å². The molecule has 0 aromatic carbocycles. The summed E-state index contributed by atoms with van der Waals surface area (Å²) in [7, 11) is 0. The van der Waals surface area contributed by atoms with E-state index >= 15 is 0 Å². The van der Waals surface area contributed by atoms with Crippen molar-refractivity contribution >= 4 is 5.97 Å². The lowest BCUT2D eigenvalue weighted by Crippen LogP contribution is -1.95. The highest BCUT2D eigenvalue weighted by molar-refractivity contribution is 5.82. The minimum absolute atomic E-state index is 0.172. The third kappa shape index (κ3) is 1.47. The third-order valence-corrected chi connectivity index (χ3v) is 1.54. The van der Waals surface area contributed by atoms with Gasteiger partial charge in [-0.05, 0) is 6.92 Å². The molecule has 1 heterocycles. The first-order valence-electron chi connectivity index (χ1n) is 3.73. The molecule has 0 saturated carbocycles. The van der Waals surface area contributed by atoms with Gasteiger partial charge in [-0.2, -0.15) is 0 Å². The van der Waals surface area contributed by atoms with Crippen LogP contribution < -0.4 is 0 Å². The summed E-state index contributed by atoms with van der Waals surface area (Å²) in [4.78, 5) is 14.2. The van der Waals surface area contributed by atoms with E-state index in [1.807, 2.05) is 13.8 Å². The van der Waals surface area contributed by atoms with Crippen LogP contribution in [0.3, 0.4) is 0 Å². The van der Waals surface area contributed by atoms with Crippen LogP contribution in [-0.4, -0.2) is 16.1 Å². The number of carbonyl (C=O) groups is 1. The standard InChI is InChI=1S/C8H11NO3/c1-4(2)6-5(3)9-7(12-6)8(10)11/h4H,1-3H3,(H,10,11). The molecule has 1 rings (SSSR count). The SMILES string of the molecule is Cc1nc(C(=O)O)oc1C(C)C. The van der Waals surface area contributed by atoms with E-state index in [4.69, 9.17) is 9.52 Å². The molecule has 1 N–H and O–H groups in total. The summed E-state index contributed by atoms with van der Waals surface area (Å²) in [5.41, 5.74) is 0.655. The van der Waals surface area contributed by atoms with E-state index < -0.39 is 5.97 Å². The maximum atomic E-state index is 10.4. The molecule has 0 atom stereocenters. The van der Waals surface area contributed by atoms with Gasteiger partial charge in [-0.25, -0.2) is 9.78 Å². The molecule has 4 heteroatoms. The number of rotatable bonds is 2. The first-order chi connectivity index (χ1) is 5.52. The molecule has 0 fully saturated rings. The van der Waals surface area contributed by atoms with Gasteiger partial charge in [-0.15, -0.1) is 0 Å². The van der Waals surface area contributed by atoms with Crippen molar-refractivity contribution in [1.82, 2.24) is 4.98 Å². The Balaban J connectivity index is 3.09. The fourth-order valence-electron chi connectivity index (χ4n) is 1.04. The van der Waals surface area contributed by atoms with Gasteiger partial charge in [-0.3, -0.25) is 0 Å². The largest absolute Gasteiger partial charge is 0.474 e. The molecule has 0 aliphatic heterocycles. The fourth-order valence-corrected chi connectivity index (χ4v) is 1.04. The number of carboxylic acids is 1. The van der Waals surface area contributed by atoms with Gasteiger partial charge in [-0.1, -0.05) is 13.8 Å². The van der Waals surface area contributed by atoms with Crippen LogP contribution in [0.5, 0.6) is 0 Å². The van der Waals surface area contributed by atoms with E-state index in [0.717, 1.165) is 0 Å². The summed E-state index contributed by atoms with van der Waals surface area (Å²) in [6.45, 7) is 5.60. The van der Waals surface area contributed by atoms with Crippen LogP contribution in [0.1, 0.15) is 41.9 Å². The normalized spacial score (nSPS) is 10.7. The van der Waals surface area contributed by atoms with Crippen molar-refractivity contribution in [3.63, 3.8) is 0 Å². The fraction of sp³-hybridized carbons (Fsp3) is 0.500. The molecular formula is C8H11NO3. The zero-order valence-electron chi connectivity index (χ0n) is 7.29. The molecule has 12 heavy (non-hydrogen) atoms. The van der Waals surface area contributed by atoms with Gasteiger partial charge in [0.15, 0.2) is 0 Å². The minimum atomic E-state index is -1.12. The molecule has 0 unspecified atom stereocenters. The first-order valence-corrected chi connectivity index (χ1v) is 3.73. The quantitative estimate of drug-likeness (QED) is 0.733. The number of carboxylic acid groups (broad SMARTS) is 1. The van der Waals surface area contributed by atoms with Crippen molar-refractivity contribution in [3.8, 4) is 0 Å². The predicted octanol–water partition coefficient (Wildman–Crippen LogP) is 1.80. The first kappa shape index (κ1) is 8.77. The van der Waals surface area contributed by atoms with Gasteiger partial charge < -0.3 is 9.52 Å². The van der Waals surface area contributed by atoms with Gasteiger partial charge in [0, 0.05) is 5.92 Å². The molecule has 1 aromatic rings. The number of nitrogens with zero attached hydrogens (tertiary/aromatic N) is 1. The zero-order chi connectivity index (χ0) is 9.30. The Bertz CT molecular complexity index is 301. The minimum Gasteiger partial charge on any atom is -0.474 e. The summed E-state index contributed by atoms with van der Waals surface area (Å²) < 4.78 is 5.03. The lowest BCUT2D eigenvalue weighted by molar-refractivity contribution is 0.0651. The van der Waals surface area contributed by atoms with Crippen molar-refractivity contribution in [2.75, 3.05) is 0 Å². The van der Waals surface area contributed by atoms with Crippen molar-refractivity contribution < 1.29 is 14.3 Å². The smallest absolute Gasteiger partial charge is 0.392 e. The van der Waals surface area contributed by atoms with Crippen LogP contribution in [0.4, 0.5) is 0 Å². The van der Waals surface area contributed by atoms with E-state index in [2.05, 4.69) is 4.98 Å². The number of aryl methyl sites for hydroxylation is 1. The zero-order valence-corrected chi connectivity index (χ0v) is 7.29. The molecule has 0 spiro atoms. The van der Waals surface area contributed by atoms with Crippen LogP contribution in [0.15, 0.2) is 4.42 Å². The number of oxazole rings is 1. The summed E-state index contributed by atoms with van der Waals surface area (Å²) in [5, 5.41) is 8.55. The summed E-state index contributed by atoms with van der Waals surface area (Å²) in [6, 6.07) is 0. The second kappa shape index (κ2) is 2.97. The monoisotopic (exact) mass is 169 g/mol. The van der Waals surface area contributed by atoms with E-state index in [-0.39, 0.29) is 11.8 Å². The Morgan fingerprint density at radius 2 is 2.17 bits per heavy atom. The topological polar surface area (TPSA) is 63.3 Å². The molecule has 4 nitrogen and oxygen atoms in total. The number of aromatic nitrogens is 1. The average molecular weight is 169 g/mol. The second-order valence-electron chi connectivity index (χ2n) is 2.93. The van der Waals surface area contributed by atoms with Crippen LogP contribution in [-0.2, 0) is 0 Å². The Morgan fingerprint density at radius 1 is 1.58 bits per heavy atom.